The molecule has 0 nitrogen and oxygen atoms in total. The fourth-order valence-electron chi connectivity index (χ4n) is 3.39. The topological polar surface area (TPSA) is 0 Å². The van der Waals surface area contributed by atoms with E-state index in [-0.39, 0.29) is 0 Å². The van der Waals surface area contributed by atoms with Crippen LogP contribution in [0.15, 0.2) is 0 Å². The molecule has 0 atom stereocenters. The van der Waals surface area contributed by atoms with E-state index in [9.17, 15) is 0 Å². The fourth-order valence-corrected chi connectivity index (χ4v) is 3.39. The highest BCUT2D eigenvalue weighted by Gasteiger charge is 2.36. The Labute approximate surface area is 76.7 Å². The standard InChI is InChI=1S/C12H22/c1-12(9-5-2-6-10-12)11-7-3-4-8-11/h11H,2-10H2,1H3. The third-order valence-corrected chi connectivity index (χ3v) is 4.34. The van der Waals surface area contributed by atoms with Gasteiger partial charge in [0.25, 0.3) is 0 Å². The first-order valence-corrected chi connectivity index (χ1v) is 5.81. The average Bonchev–Trinajstić information content (AvgIpc) is 2.58. The summed E-state index contributed by atoms with van der Waals surface area (Å²) in [5, 5.41) is 0. The molecule has 2 aliphatic rings. The molecule has 12 heavy (non-hydrogen) atoms. The molecule has 0 unspecified atom stereocenters. The van der Waals surface area contributed by atoms with E-state index in [1.165, 1.54) is 57.8 Å². The van der Waals surface area contributed by atoms with E-state index in [2.05, 4.69) is 6.92 Å². The van der Waals surface area contributed by atoms with Crippen LogP contribution in [0.1, 0.15) is 64.7 Å². The van der Waals surface area contributed by atoms with Crippen LogP contribution < -0.4 is 0 Å². The molecule has 0 aliphatic heterocycles. The third-order valence-electron chi connectivity index (χ3n) is 4.34. The SMILES string of the molecule is CC1(C2CCCC2)CCCCC1. The van der Waals surface area contributed by atoms with E-state index in [4.69, 9.17) is 0 Å². The van der Waals surface area contributed by atoms with Crippen molar-refractivity contribution in [3.05, 3.63) is 0 Å². The van der Waals surface area contributed by atoms with Gasteiger partial charge in [0.1, 0.15) is 0 Å². The lowest BCUT2D eigenvalue weighted by Gasteiger charge is -2.39. The molecule has 0 spiro atoms. The monoisotopic (exact) mass is 166 g/mol. The highest BCUT2D eigenvalue weighted by molar-refractivity contribution is 4.87. The largest absolute Gasteiger partial charge is 0.0594 e. The maximum Gasteiger partial charge on any atom is -0.0298 e. The van der Waals surface area contributed by atoms with Crippen molar-refractivity contribution in [2.75, 3.05) is 0 Å². The summed E-state index contributed by atoms with van der Waals surface area (Å²) in [6, 6.07) is 0. The highest BCUT2D eigenvalue weighted by atomic mass is 14.4. The van der Waals surface area contributed by atoms with Crippen LogP contribution >= 0.6 is 0 Å². The van der Waals surface area contributed by atoms with Crippen LogP contribution in [0.3, 0.4) is 0 Å². The van der Waals surface area contributed by atoms with E-state index in [1.807, 2.05) is 0 Å². The molecular weight excluding hydrogens is 144 g/mol. The van der Waals surface area contributed by atoms with Gasteiger partial charge in [0.05, 0.1) is 0 Å². The Hall–Kier alpha value is 0. The molecule has 0 bridgehead atoms. The molecule has 0 saturated heterocycles. The summed E-state index contributed by atoms with van der Waals surface area (Å²) in [6.45, 7) is 2.56. The Bertz CT molecular complexity index is 136. The van der Waals surface area contributed by atoms with Gasteiger partial charge in [-0.25, -0.2) is 0 Å². The molecule has 0 amide bonds. The van der Waals surface area contributed by atoms with Gasteiger partial charge in [-0.15, -0.1) is 0 Å². The molecule has 2 saturated carbocycles. The van der Waals surface area contributed by atoms with Crippen molar-refractivity contribution in [1.29, 1.82) is 0 Å². The summed E-state index contributed by atoms with van der Waals surface area (Å²) in [5.74, 6) is 1.10. The molecule has 2 rings (SSSR count). The van der Waals surface area contributed by atoms with Gasteiger partial charge < -0.3 is 0 Å². The molecule has 0 radical (unpaired) electrons. The maximum absolute atomic E-state index is 2.56. The lowest BCUT2D eigenvalue weighted by molar-refractivity contribution is 0.122. The van der Waals surface area contributed by atoms with Gasteiger partial charge in [0.15, 0.2) is 0 Å². The van der Waals surface area contributed by atoms with Crippen molar-refractivity contribution in [2.45, 2.75) is 64.7 Å². The summed E-state index contributed by atoms with van der Waals surface area (Å²) in [5.41, 5.74) is 0.759. The van der Waals surface area contributed by atoms with Crippen molar-refractivity contribution >= 4 is 0 Å². The molecular formula is C12H22. The molecule has 0 aromatic heterocycles. The summed E-state index contributed by atoms with van der Waals surface area (Å²) in [7, 11) is 0. The molecule has 0 heteroatoms. The van der Waals surface area contributed by atoms with Gasteiger partial charge in [-0.2, -0.15) is 0 Å². The van der Waals surface area contributed by atoms with Gasteiger partial charge in [0.2, 0.25) is 0 Å². The second-order valence-corrected chi connectivity index (χ2v) is 5.20. The molecule has 2 fully saturated rings. The minimum absolute atomic E-state index is 0.759. The fraction of sp³-hybridized carbons (Fsp3) is 1.00. The molecule has 0 N–H and O–H groups in total. The summed E-state index contributed by atoms with van der Waals surface area (Å²) < 4.78 is 0. The van der Waals surface area contributed by atoms with E-state index >= 15 is 0 Å². The smallest absolute Gasteiger partial charge is 0.0298 e. The van der Waals surface area contributed by atoms with Crippen LogP contribution in [0.5, 0.6) is 0 Å². The van der Waals surface area contributed by atoms with Crippen molar-refractivity contribution in [3.8, 4) is 0 Å². The number of hydrogen-bond acceptors (Lipinski definition) is 0. The number of hydrogen-bond donors (Lipinski definition) is 0. The first-order chi connectivity index (χ1) is 5.81. The average molecular weight is 166 g/mol. The van der Waals surface area contributed by atoms with Crippen molar-refractivity contribution in [3.63, 3.8) is 0 Å². The lowest BCUT2D eigenvalue weighted by atomic mass is 9.67. The molecule has 2 aliphatic carbocycles. The zero-order chi connectivity index (χ0) is 8.44. The van der Waals surface area contributed by atoms with Crippen molar-refractivity contribution in [2.24, 2.45) is 11.3 Å². The number of rotatable bonds is 1. The van der Waals surface area contributed by atoms with E-state index in [0.717, 1.165) is 11.3 Å². The predicted octanol–water partition coefficient (Wildman–Crippen LogP) is 4.15. The second kappa shape index (κ2) is 3.40. The minimum Gasteiger partial charge on any atom is -0.0594 e. The van der Waals surface area contributed by atoms with Gasteiger partial charge in [-0.05, 0) is 37.0 Å². The Balaban J connectivity index is 1.97. The van der Waals surface area contributed by atoms with Crippen LogP contribution in [0, 0.1) is 11.3 Å². The highest BCUT2D eigenvalue weighted by Crippen LogP contribution is 2.48. The van der Waals surface area contributed by atoms with Gasteiger partial charge in [0, 0.05) is 0 Å². The molecule has 0 heterocycles. The molecule has 0 aromatic rings. The Kier molecular flexibility index (Phi) is 2.43. The zero-order valence-electron chi connectivity index (χ0n) is 8.44. The minimum atomic E-state index is 0.759. The normalized spacial score (nSPS) is 30.8. The lowest BCUT2D eigenvalue weighted by Crippen LogP contribution is -2.28. The summed E-state index contributed by atoms with van der Waals surface area (Å²) >= 11 is 0. The van der Waals surface area contributed by atoms with Crippen molar-refractivity contribution < 1.29 is 0 Å². The van der Waals surface area contributed by atoms with Gasteiger partial charge in [-0.3, -0.25) is 0 Å². The molecule has 70 valence electrons. The Morgan fingerprint density at radius 1 is 0.833 bits per heavy atom. The van der Waals surface area contributed by atoms with Crippen LogP contribution in [-0.2, 0) is 0 Å². The summed E-state index contributed by atoms with van der Waals surface area (Å²) in [4.78, 5) is 0. The van der Waals surface area contributed by atoms with E-state index in [0.29, 0.717) is 0 Å². The quantitative estimate of drug-likeness (QED) is 0.549. The van der Waals surface area contributed by atoms with Crippen LogP contribution in [-0.4, -0.2) is 0 Å². The third kappa shape index (κ3) is 1.53. The van der Waals surface area contributed by atoms with Gasteiger partial charge in [-0.1, -0.05) is 39.0 Å². The molecule has 0 aromatic carbocycles. The van der Waals surface area contributed by atoms with Crippen LogP contribution in [0.4, 0.5) is 0 Å². The first-order valence-electron chi connectivity index (χ1n) is 5.81. The van der Waals surface area contributed by atoms with Gasteiger partial charge >= 0.3 is 0 Å². The van der Waals surface area contributed by atoms with Crippen molar-refractivity contribution in [1.82, 2.24) is 0 Å². The Morgan fingerprint density at radius 3 is 2.00 bits per heavy atom. The zero-order valence-corrected chi connectivity index (χ0v) is 8.44. The van der Waals surface area contributed by atoms with Crippen LogP contribution in [0.25, 0.3) is 0 Å². The first kappa shape index (κ1) is 8.59. The second-order valence-electron chi connectivity index (χ2n) is 5.20. The Morgan fingerprint density at radius 2 is 1.42 bits per heavy atom. The predicted molar refractivity (Wildman–Crippen MR) is 53.2 cm³/mol. The van der Waals surface area contributed by atoms with E-state index in [1.54, 1.807) is 0 Å². The summed E-state index contributed by atoms with van der Waals surface area (Å²) in [6.07, 6.45) is 13.7. The van der Waals surface area contributed by atoms with Crippen LogP contribution in [0.2, 0.25) is 0 Å². The maximum atomic E-state index is 2.56. The van der Waals surface area contributed by atoms with E-state index < -0.39 is 0 Å².